The number of hydrogen-bond donors (Lipinski definition) is 1. The number of nitriles is 1. The number of carbonyl (C=O) groups is 2. The molecular weight excluding hydrogens is 460 g/mol. The molecule has 1 N–H and O–H groups in total. The smallest absolute Gasteiger partial charge is 0.256 e. The van der Waals surface area contributed by atoms with Crippen molar-refractivity contribution in [3.63, 3.8) is 0 Å². The molecule has 0 aliphatic carbocycles. The molecule has 0 unspecified atom stereocenters. The summed E-state index contributed by atoms with van der Waals surface area (Å²) in [5.41, 5.74) is 1.53. The van der Waals surface area contributed by atoms with E-state index in [4.69, 9.17) is 0 Å². The van der Waals surface area contributed by atoms with Crippen molar-refractivity contribution in [2.75, 3.05) is 25.0 Å². The Kier molecular flexibility index (Phi) is 7.48. The van der Waals surface area contributed by atoms with Gasteiger partial charge >= 0.3 is 0 Å². The maximum atomic E-state index is 12.8. The highest BCUT2D eigenvalue weighted by molar-refractivity contribution is 7.89. The second-order valence-electron chi connectivity index (χ2n) is 7.39. The lowest BCUT2D eigenvalue weighted by Crippen LogP contribution is -2.33. The van der Waals surface area contributed by atoms with Crippen LogP contribution in [0, 0.1) is 11.3 Å². The number of benzene rings is 1. The predicted molar refractivity (Wildman–Crippen MR) is 127 cm³/mol. The molecule has 1 aromatic carbocycles. The van der Waals surface area contributed by atoms with Crippen LogP contribution in [0.1, 0.15) is 33.3 Å². The molecule has 1 aliphatic rings. The highest BCUT2D eigenvalue weighted by Gasteiger charge is 2.27. The molecule has 0 saturated heterocycles. The van der Waals surface area contributed by atoms with Crippen LogP contribution in [-0.4, -0.2) is 49.1 Å². The lowest BCUT2D eigenvalue weighted by Gasteiger charge is -2.25. The van der Waals surface area contributed by atoms with E-state index in [1.165, 1.54) is 59.0 Å². The molecule has 0 saturated carbocycles. The van der Waals surface area contributed by atoms with Crippen molar-refractivity contribution in [1.29, 1.82) is 5.26 Å². The van der Waals surface area contributed by atoms with Crippen molar-refractivity contribution in [3.05, 3.63) is 71.1 Å². The van der Waals surface area contributed by atoms with Gasteiger partial charge in [0.1, 0.15) is 11.1 Å². The van der Waals surface area contributed by atoms with Crippen LogP contribution in [0.4, 0.5) is 5.00 Å². The summed E-state index contributed by atoms with van der Waals surface area (Å²) in [5.74, 6) is -0.487. The second kappa shape index (κ2) is 10.1. The number of amides is 2. The first-order chi connectivity index (χ1) is 15.7. The number of nitrogens with zero attached hydrogens (tertiary/aromatic N) is 3. The number of thiophene rings is 1. The third-order valence-corrected chi connectivity index (χ3v) is 8.24. The Hall–Kier alpha value is -3.26. The van der Waals surface area contributed by atoms with Crippen LogP contribution in [0.25, 0.3) is 0 Å². The van der Waals surface area contributed by atoms with E-state index in [0.717, 1.165) is 10.4 Å². The fourth-order valence-corrected chi connectivity index (χ4v) is 6.13. The number of sulfonamides is 1. The molecule has 3 rings (SSSR count). The summed E-state index contributed by atoms with van der Waals surface area (Å²) in [6.45, 7) is 9.89. The van der Waals surface area contributed by atoms with Crippen LogP contribution in [-0.2, 0) is 27.8 Å². The molecular formula is C23H24N4O4S2. The molecule has 1 aliphatic heterocycles. The quantitative estimate of drug-likeness (QED) is 0.579. The molecule has 8 nitrogen and oxygen atoms in total. The molecule has 1 aromatic heterocycles. The van der Waals surface area contributed by atoms with Crippen molar-refractivity contribution in [2.24, 2.45) is 0 Å². The van der Waals surface area contributed by atoms with Crippen LogP contribution in [0.2, 0.25) is 0 Å². The summed E-state index contributed by atoms with van der Waals surface area (Å²) in [7, 11) is -3.77. The molecule has 172 valence electrons. The first-order valence-corrected chi connectivity index (χ1v) is 12.4. The maximum absolute atomic E-state index is 12.8. The van der Waals surface area contributed by atoms with Gasteiger partial charge in [-0.3, -0.25) is 9.59 Å². The number of anilines is 1. The van der Waals surface area contributed by atoms with Crippen LogP contribution >= 0.6 is 11.3 Å². The average Bonchev–Trinajstić information content (AvgIpc) is 3.14. The molecule has 0 fully saturated rings. The highest BCUT2D eigenvalue weighted by Crippen LogP contribution is 2.37. The largest absolute Gasteiger partial charge is 0.337 e. The normalized spacial score (nSPS) is 13.2. The van der Waals surface area contributed by atoms with Crippen molar-refractivity contribution < 1.29 is 18.0 Å². The summed E-state index contributed by atoms with van der Waals surface area (Å²) in [6.07, 6.45) is 3.54. The number of rotatable bonds is 8. The number of hydrogen-bond acceptors (Lipinski definition) is 6. The molecule has 0 bridgehead atoms. The minimum Gasteiger partial charge on any atom is -0.337 e. The van der Waals surface area contributed by atoms with Crippen LogP contribution in [0.15, 0.2) is 54.5 Å². The highest BCUT2D eigenvalue weighted by atomic mass is 32.2. The van der Waals surface area contributed by atoms with Gasteiger partial charge in [0.2, 0.25) is 15.9 Å². The Morgan fingerprint density at radius 1 is 1.24 bits per heavy atom. The van der Waals surface area contributed by atoms with E-state index in [9.17, 15) is 23.3 Å². The summed E-state index contributed by atoms with van der Waals surface area (Å²) >= 11 is 1.28. The molecule has 0 spiro atoms. The summed E-state index contributed by atoms with van der Waals surface area (Å²) in [6, 6.07) is 7.77. The zero-order valence-corrected chi connectivity index (χ0v) is 19.8. The summed E-state index contributed by atoms with van der Waals surface area (Å²) < 4.78 is 26.9. The van der Waals surface area contributed by atoms with Crippen LogP contribution < -0.4 is 5.32 Å². The van der Waals surface area contributed by atoms with Gasteiger partial charge in [0.15, 0.2) is 0 Å². The van der Waals surface area contributed by atoms with E-state index >= 15 is 0 Å². The molecule has 33 heavy (non-hydrogen) atoms. The molecule has 2 amide bonds. The van der Waals surface area contributed by atoms with Gasteiger partial charge in [0.05, 0.1) is 17.0 Å². The second-order valence-corrected chi connectivity index (χ2v) is 10.4. The van der Waals surface area contributed by atoms with E-state index in [-0.39, 0.29) is 29.5 Å². The van der Waals surface area contributed by atoms with Gasteiger partial charge in [0, 0.05) is 37.0 Å². The monoisotopic (exact) mass is 484 g/mol. The summed E-state index contributed by atoms with van der Waals surface area (Å²) in [4.78, 5) is 27.1. The van der Waals surface area contributed by atoms with E-state index in [1.54, 1.807) is 4.90 Å². The fraction of sp³-hybridized carbons (Fsp3) is 0.261. The molecule has 2 heterocycles. The lowest BCUT2D eigenvalue weighted by molar-refractivity contribution is -0.129. The van der Waals surface area contributed by atoms with E-state index in [0.29, 0.717) is 30.1 Å². The van der Waals surface area contributed by atoms with Crippen LogP contribution in [0.3, 0.4) is 0 Å². The minimum absolute atomic E-state index is 0.0343. The Morgan fingerprint density at radius 3 is 2.42 bits per heavy atom. The SMILES string of the molecule is C=CCN(CC=C)S(=O)(=O)c1ccc(C(=O)Nc2sc3c(c2C#N)CCN(C(C)=O)C3)cc1. The minimum atomic E-state index is -3.77. The van der Waals surface area contributed by atoms with Gasteiger partial charge in [0.25, 0.3) is 5.91 Å². The summed E-state index contributed by atoms with van der Waals surface area (Å²) in [5, 5.41) is 12.8. The van der Waals surface area contributed by atoms with E-state index in [1.807, 2.05) is 0 Å². The Labute approximate surface area is 197 Å². The van der Waals surface area contributed by atoms with Crippen molar-refractivity contribution in [2.45, 2.75) is 24.8 Å². The van der Waals surface area contributed by atoms with Gasteiger partial charge in [-0.05, 0) is 36.2 Å². The standard InChI is InChI=1S/C23H24N4O4S2/c1-4-11-27(12-5-2)33(30,31)18-8-6-17(7-9-18)22(29)25-23-20(14-24)19-10-13-26(16(3)28)15-21(19)32-23/h4-9H,1-2,10-13,15H2,3H3,(H,25,29). The topological polar surface area (TPSA) is 111 Å². The number of fused-ring (bicyclic) bond motifs is 1. The van der Waals surface area contributed by atoms with E-state index in [2.05, 4.69) is 24.5 Å². The van der Waals surface area contributed by atoms with Crippen molar-refractivity contribution in [1.82, 2.24) is 9.21 Å². The van der Waals surface area contributed by atoms with Gasteiger partial charge in [-0.1, -0.05) is 12.2 Å². The average molecular weight is 485 g/mol. The Morgan fingerprint density at radius 2 is 1.88 bits per heavy atom. The molecule has 0 atom stereocenters. The molecule has 2 aromatic rings. The first kappa shape index (κ1) is 24.4. The molecule has 0 radical (unpaired) electrons. The Balaban J connectivity index is 1.81. The van der Waals surface area contributed by atoms with E-state index < -0.39 is 15.9 Å². The molecule has 10 heteroatoms. The number of carbonyl (C=O) groups excluding carboxylic acids is 2. The van der Waals surface area contributed by atoms with Gasteiger partial charge < -0.3 is 10.2 Å². The van der Waals surface area contributed by atoms with Gasteiger partial charge in [-0.2, -0.15) is 9.57 Å². The van der Waals surface area contributed by atoms with Gasteiger partial charge in [-0.25, -0.2) is 8.42 Å². The first-order valence-electron chi connectivity index (χ1n) is 10.2. The predicted octanol–water partition coefficient (Wildman–Crippen LogP) is 3.14. The Bertz CT molecular complexity index is 1230. The zero-order valence-electron chi connectivity index (χ0n) is 18.2. The van der Waals surface area contributed by atoms with Gasteiger partial charge in [-0.15, -0.1) is 24.5 Å². The van der Waals surface area contributed by atoms with Crippen molar-refractivity contribution >= 4 is 38.2 Å². The maximum Gasteiger partial charge on any atom is 0.256 e. The third-order valence-electron chi connectivity index (χ3n) is 5.26. The third kappa shape index (κ3) is 5.06. The number of nitrogens with one attached hydrogen (secondary N) is 1. The van der Waals surface area contributed by atoms with Crippen LogP contribution in [0.5, 0.6) is 0 Å². The lowest BCUT2D eigenvalue weighted by atomic mass is 10.0. The van der Waals surface area contributed by atoms with Crippen molar-refractivity contribution in [3.8, 4) is 6.07 Å². The fourth-order valence-electron chi connectivity index (χ4n) is 3.54. The zero-order chi connectivity index (χ0) is 24.2.